The molecule has 0 saturated carbocycles. The van der Waals surface area contributed by atoms with Crippen molar-refractivity contribution < 1.29 is 13.9 Å². The Labute approximate surface area is 114 Å². The van der Waals surface area contributed by atoms with Crippen molar-refractivity contribution in [2.75, 3.05) is 0 Å². The van der Waals surface area contributed by atoms with E-state index in [4.69, 9.17) is 0 Å². The number of rotatable bonds is 2. The van der Waals surface area contributed by atoms with E-state index in [9.17, 15) is 13.9 Å². The highest BCUT2D eigenvalue weighted by molar-refractivity contribution is 5.78. The number of hydrogen-bond donors (Lipinski definition) is 1. The van der Waals surface area contributed by atoms with Crippen LogP contribution in [0.1, 0.15) is 17.4 Å². The van der Waals surface area contributed by atoms with E-state index in [2.05, 4.69) is 4.98 Å². The van der Waals surface area contributed by atoms with Gasteiger partial charge in [-0.3, -0.25) is 0 Å². The van der Waals surface area contributed by atoms with Crippen molar-refractivity contribution in [1.82, 2.24) is 4.98 Å². The molecular weight excluding hydrogens is 260 g/mol. The van der Waals surface area contributed by atoms with Crippen molar-refractivity contribution in [1.29, 1.82) is 0 Å². The monoisotopic (exact) mass is 271 g/mol. The van der Waals surface area contributed by atoms with Crippen molar-refractivity contribution >= 4 is 10.9 Å². The number of benzene rings is 2. The van der Waals surface area contributed by atoms with Gasteiger partial charge in [-0.05, 0) is 30.3 Å². The quantitative estimate of drug-likeness (QED) is 0.772. The Morgan fingerprint density at radius 3 is 2.60 bits per heavy atom. The maximum Gasteiger partial charge on any atom is 0.129 e. The second-order valence-corrected chi connectivity index (χ2v) is 4.50. The Kier molecular flexibility index (Phi) is 3.16. The molecule has 3 aromatic rings. The second-order valence-electron chi connectivity index (χ2n) is 4.50. The van der Waals surface area contributed by atoms with Gasteiger partial charge in [0.15, 0.2) is 0 Å². The molecule has 3 rings (SSSR count). The van der Waals surface area contributed by atoms with Crippen LogP contribution < -0.4 is 0 Å². The van der Waals surface area contributed by atoms with Crippen LogP contribution in [0.4, 0.5) is 8.78 Å². The lowest BCUT2D eigenvalue weighted by Gasteiger charge is -2.12. The number of nitrogens with zero attached hydrogens (tertiary/aromatic N) is 1. The van der Waals surface area contributed by atoms with Crippen molar-refractivity contribution in [2.45, 2.75) is 6.10 Å². The Bertz CT molecular complexity index is 773. The molecule has 4 heteroatoms. The fourth-order valence-corrected chi connectivity index (χ4v) is 2.12. The average molecular weight is 271 g/mol. The first-order valence-corrected chi connectivity index (χ1v) is 6.14. The number of aromatic nitrogens is 1. The lowest BCUT2D eigenvalue weighted by atomic mass is 10.0. The van der Waals surface area contributed by atoms with Crippen LogP contribution in [0.5, 0.6) is 0 Å². The van der Waals surface area contributed by atoms with Gasteiger partial charge in [-0.1, -0.05) is 24.3 Å². The highest BCUT2D eigenvalue weighted by Gasteiger charge is 2.17. The minimum atomic E-state index is -1.30. The molecule has 1 atom stereocenters. The summed E-state index contributed by atoms with van der Waals surface area (Å²) in [5.74, 6) is -1.25. The van der Waals surface area contributed by atoms with Crippen LogP contribution in [-0.2, 0) is 0 Å². The molecule has 0 aliphatic carbocycles. The first-order valence-electron chi connectivity index (χ1n) is 6.14. The molecule has 1 aromatic heterocycles. The molecule has 0 amide bonds. The van der Waals surface area contributed by atoms with Crippen LogP contribution in [0.25, 0.3) is 10.9 Å². The van der Waals surface area contributed by atoms with Gasteiger partial charge in [-0.15, -0.1) is 0 Å². The van der Waals surface area contributed by atoms with Gasteiger partial charge in [0.1, 0.15) is 17.7 Å². The van der Waals surface area contributed by atoms with Gasteiger partial charge >= 0.3 is 0 Å². The number of hydrogen-bond acceptors (Lipinski definition) is 2. The third-order valence-corrected chi connectivity index (χ3v) is 3.15. The number of halogens is 2. The van der Waals surface area contributed by atoms with Gasteiger partial charge in [0.2, 0.25) is 0 Å². The van der Waals surface area contributed by atoms with Crippen LogP contribution in [0.15, 0.2) is 54.6 Å². The molecule has 2 nitrogen and oxygen atoms in total. The molecule has 0 radical (unpaired) electrons. The van der Waals surface area contributed by atoms with Crippen molar-refractivity contribution in [3.8, 4) is 0 Å². The topological polar surface area (TPSA) is 33.1 Å². The number of aliphatic hydroxyl groups excluding tert-OH is 1. The molecule has 20 heavy (non-hydrogen) atoms. The number of aliphatic hydroxyl groups is 1. The Balaban J connectivity index is 2.07. The Morgan fingerprint density at radius 2 is 1.75 bits per heavy atom. The van der Waals surface area contributed by atoms with E-state index in [1.165, 1.54) is 0 Å². The maximum absolute atomic E-state index is 13.7. The van der Waals surface area contributed by atoms with Crippen LogP contribution in [0.2, 0.25) is 0 Å². The molecule has 0 aliphatic rings. The number of pyridine rings is 1. The third-order valence-electron chi connectivity index (χ3n) is 3.15. The molecule has 0 spiro atoms. The maximum atomic E-state index is 13.7. The van der Waals surface area contributed by atoms with Crippen molar-refractivity contribution in [2.24, 2.45) is 0 Å². The van der Waals surface area contributed by atoms with Crippen LogP contribution in [0.3, 0.4) is 0 Å². The summed E-state index contributed by atoms with van der Waals surface area (Å²) >= 11 is 0. The zero-order valence-corrected chi connectivity index (χ0v) is 10.4. The van der Waals surface area contributed by atoms with E-state index in [1.807, 2.05) is 18.2 Å². The Hall–Kier alpha value is -2.33. The molecule has 0 aliphatic heterocycles. The summed E-state index contributed by atoms with van der Waals surface area (Å²) in [5.41, 5.74) is 0.863. The van der Waals surface area contributed by atoms with E-state index in [0.29, 0.717) is 5.52 Å². The molecule has 1 heterocycles. The van der Waals surface area contributed by atoms with Gasteiger partial charge in [0.25, 0.3) is 0 Å². The van der Waals surface area contributed by atoms with E-state index in [-0.39, 0.29) is 11.3 Å². The number of para-hydroxylation sites is 1. The first-order chi connectivity index (χ1) is 9.65. The summed E-state index contributed by atoms with van der Waals surface area (Å²) in [6.07, 6.45) is -1.30. The predicted molar refractivity (Wildman–Crippen MR) is 72.2 cm³/mol. The molecule has 0 fully saturated rings. The number of fused-ring (bicyclic) bond motifs is 1. The largest absolute Gasteiger partial charge is 0.382 e. The van der Waals surface area contributed by atoms with Crippen LogP contribution >= 0.6 is 0 Å². The predicted octanol–water partition coefficient (Wildman–Crippen LogP) is 3.59. The van der Waals surface area contributed by atoms with Crippen molar-refractivity contribution in [3.63, 3.8) is 0 Å². The van der Waals surface area contributed by atoms with Crippen molar-refractivity contribution in [3.05, 3.63) is 77.5 Å². The molecule has 100 valence electrons. The molecule has 0 saturated heterocycles. The van der Waals surface area contributed by atoms with Crippen LogP contribution in [0, 0.1) is 11.6 Å². The molecule has 0 bridgehead atoms. The lowest BCUT2D eigenvalue weighted by molar-refractivity contribution is 0.210. The smallest absolute Gasteiger partial charge is 0.129 e. The molecule has 2 aromatic carbocycles. The zero-order chi connectivity index (χ0) is 14.1. The Morgan fingerprint density at radius 1 is 0.950 bits per heavy atom. The molecule has 1 N–H and O–H groups in total. The van der Waals surface area contributed by atoms with Gasteiger partial charge in [0, 0.05) is 10.9 Å². The minimum Gasteiger partial charge on any atom is -0.382 e. The summed E-state index contributed by atoms with van der Waals surface area (Å²) in [6.45, 7) is 0. The highest BCUT2D eigenvalue weighted by atomic mass is 19.1. The van der Waals surface area contributed by atoms with Crippen LogP contribution in [-0.4, -0.2) is 10.1 Å². The average Bonchev–Trinajstić information content (AvgIpc) is 2.48. The summed E-state index contributed by atoms with van der Waals surface area (Å²) in [4.78, 5) is 4.28. The zero-order valence-electron chi connectivity index (χ0n) is 10.4. The fourth-order valence-electron chi connectivity index (χ4n) is 2.12. The second kappa shape index (κ2) is 4.98. The normalized spacial score (nSPS) is 12.6. The standard InChI is InChI=1S/C16H11F2NO/c17-11-6-7-13(18)12(9-11)16(20)15-8-5-10-3-1-2-4-14(10)19-15/h1-9,16,20H. The third kappa shape index (κ3) is 2.26. The summed E-state index contributed by atoms with van der Waals surface area (Å²) in [6, 6.07) is 13.8. The van der Waals surface area contributed by atoms with Gasteiger partial charge in [-0.25, -0.2) is 13.8 Å². The van der Waals surface area contributed by atoms with E-state index >= 15 is 0 Å². The first kappa shape index (κ1) is 12.7. The van der Waals surface area contributed by atoms with Gasteiger partial charge < -0.3 is 5.11 Å². The molecular formula is C16H11F2NO. The van der Waals surface area contributed by atoms with Gasteiger partial charge in [0.05, 0.1) is 11.2 Å². The summed E-state index contributed by atoms with van der Waals surface area (Å²) in [5, 5.41) is 11.1. The van der Waals surface area contributed by atoms with E-state index in [1.54, 1.807) is 18.2 Å². The minimum absolute atomic E-state index is 0.118. The lowest BCUT2D eigenvalue weighted by Crippen LogP contribution is -2.05. The summed E-state index contributed by atoms with van der Waals surface area (Å²) in [7, 11) is 0. The fraction of sp³-hybridized carbons (Fsp3) is 0.0625. The van der Waals surface area contributed by atoms with Gasteiger partial charge in [-0.2, -0.15) is 0 Å². The van der Waals surface area contributed by atoms with E-state index in [0.717, 1.165) is 23.6 Å². The SMILES string of the molecule is OC(c1ccc2ccccc2n1)c1cc(F)ccc1F. The summed E-state index contributed by atoms with van der Waals surface area (Å²) < 4.78 is 26.8. The highest BCUT2D eigenvalue weighted by Crippen LogP contribution is 2.25. The molecule has 1 unspecified atom stereocenters. The van der Waals surface area contributed by atoms with E-state index < -0.39 is 17.7 Å².